The third kappa shape index (κ3) is 2.63. The molecular formula is C7H13NO2S. The van der Waals surface area contributed by atoms with Crippen molar-refractivity contribution in [3.63, 3.8) is 0 Å². The highest BCUT2D eigenvalue weighted by Crippen LogP contribution is 2.07. The highest BCUT2D eigenvalue weighted by atomic mass is 32.2. The molecule has 1 unspecified atom stereocenters. The molecule has 1 rings (SSSR count). The van der Waals surface area contributed by atoms with E-state index in [9.17, 15) is 8.42 Å². The molecule has 0 fully saturated rings. The lowest BCUT2D eigenvalue weighted by molar-refractivity contribution is 0.546. The maximum atomic E-state index is 10.9. The van der Waals surface area contributed by atoms with Gasteiger partial charge in [-0.1, -0.05) is 19.9 Å². The normalized spacial score (nSPS) is 28.1. The summed E-state index contributed by atoms with van der Waals surface area (Å²) in [6.07, 6.45) is 1.70. The van der Waals surface area contributed by atoms with Crippen LogP contribution in [0.2, 0.25) is 0 Å². The Hall–Kier alpha value is -0.350. The summed E-state index contributed by atoms with van der Waals surface area (Å²) < 4.78 is 21.8. The summed E-state index contributed by atoms with van der Waals surface area (Å²) in [5, 5.41) is 4.42. The summed E-state index contributed by atoms with van der Waals surface area (Å²) in [4.78, 5) is 0. The van der Waals surface area contributed by atoms with Gasteiger partial charge >= 0.3 is 0 Å². The number of rotatable bonds is 2. The standard InChI is InChI=1S/C7H13NO2S/c1-6(2)8-7-3-4-11(9,10)5-7/h3-4,6-8H,5H2,1-2H3. The average Bonchev–Trinajstić information content (AvgIpc) is 2.08. The molecule has 4 heteroatoms. The molecule has 0 aromatic heterocycles. The molecule has 0 radical (unpaired) electrons. The molecule has 1 aliphatic heterocycles. The fourth-order valence-electron chi connectivity index (χ4n) is 1.11. The maximum Gasteiger partial charge on any atom is 0.173 e. The molecule has 11 heavy (non-hydrogen) atoms. The number of sulfone groups is 1. The van der Waals surface area contributed by atoms with Crippen LogP contribution in [-0.2, 0) is 9.84 Å². The van der Waals surface area contributed by atoms with Gasteiger partial charge in [0, 0.05) is 17.5 Å². The average molecular weight is 175 g/mol. The molecule has 1 aliphatic rings. The van der Waals surface area contributed by atoms with E-state index in [-0.39, 0.29) is 11.8 Å². The van der Waals surface area contributed by atoms with E-state index in [1.54, 1.807) is 6.08 Å². The molecule has 1 heterocycles. The first-order valence-electron chi connectivity index (χ1n) is 3.66. The molecule has 0 aliphatic carbocycles. The van der Waals surface area contributed by atoms with Gasteiger partial charge in [-0.25, -0.2) is 8.42 Å². The van der Waals surface area contributed by atoms with Crippen molar-refractivity contribution >= 4 is 9.84 Å². The quantitative estimate of drug-likeness (QED) is 0.656. The minimum atomic E-state index is -2.88. The van der Waals surface area contributed by atoms with Crippen molar-refractivity contribution in [1.29, 1.82) is 0 Å². The molecule has 0 saturated heterocycles. The van der Waals surface area contributed by atoms with Gasteiger partial charge in [0.1, 0.15) is 0 Å². The summed E-state index contributed by atoms with van der Waals surface area (Å²) in [6.45, 7) is 4.00. The Morgan fingerprint density at radius 3 is 2.55 bits per heavy atom. The van der Waals surface area contributed by atoms with Crippen molar-refractivity contribution in [3.8, 4) is 0 Å². The summed E-state index contributed by atoms with van der Waals surface area (Å²) in [5.41, 5.74) is 0. The zero-order chi connectivity index (χ0) is 8.48. The van der Waals surface area contributed by atoms with Crippen LogP contribution in [0.3, 0.4) is 0 Å². The van der Waals surface area contributed by atoms with Crippen LogP contribution in [0.15, 0.2) is 11.5 Å². The summed E-state index contributed by atoms with van der Waals surface area (Å²) in [7, 11) is -2.88. The fourth-order valence-corrected chi connectivity index (χ4v) is 2.36. The first-order valence-corrected chi connectivity index (χ1v) is 5.38. The summed E-state index contributed by atoms with van der Waals surface area (Å²) in [5.74, 6) is 0.213. The molecule has 0 aromatic rings. The second-order valence-electron chi connectivity index (χ2n) is 3.09. The van der Waals surface area contributed by atoms with Crippen LogP contribution in [0.25, 0.3) is 0 Å². The Labute approximate surface area is 67.4 Å². The van der Waals surface area contributed by atoms with Crippen LogP contribution in [0, 0.1) is 0 Å². The molecule has 0 saturated carbocycles. The van der Waals surface area contributed by atoms with Crippen molar-refractivity contribution in [2.75, 3.05) is 5.75 Å². The van der Waals surface area contributed by atoms with Crippen molar-refractivity contribution in [1.82, 2.24) is 5.32 Å². The van der Waals surface area contributed by atoms with Gasteiger partial charge in [0.25, 0.3) is 0 Å². The molecule has 0 bridgehead atoms. The third-order valence-corrected chi connectivity index (χ3v) is 2.87. The van der Waals surface area contributed by atoms with Crippen molar-refractivity contribution < 1.29 is 8.42 Å². The van der Waals surface area contributed by atoms with Crippen LogP contribution < -0.4 is 5.32 Å². The molecule has 0 amide bonds. The zero-order valence-electron chi connectivity index (χ0n) is 6.74. The van der Waals surface area contributed by atoms with E-state index in [4.69, 9.17) is 0 Å². The third-order valence-electron chi connectivity index (χ3n) is 1.48. The first kappa shape index (κ1) is 8.74. The predicted octanol–water partition coefficient (Wildman–Crippen LogP) is 0.295. The second kappa shape index (κ2) is 2.95. The SMILES string of the molecule is CC(C)NC1C=CS(=O)(=O)C1. The highest BCUT2D eigenvalue weighted by molar-refractivity contribution is 7.94. The van der Waals surface area contributed by atoms with Gasteiger partial charge in [0.05, 0.1) is 5.75 Å². The van der Waals surface area contributed by atoms with Gasteiger partial charge in [-0.3, -0.25) is 0 Å². The predicted molar refractivity (Wildman–Crippen MR) is 45.0 cm³/mol. The topological polar surface area (TPSA) is 46.2 Å². The smallest absolute Gasteiger partial charge is 0.173 e. The van der Waals surface area contributed by atoms with E-state index in [1.165, 1.54) is 5.41 Å². The van der Waals surface area contributed by atoms with Crippen LogP contribution in [0.4, 0.5) is 0 Å². The van der Waals surface area contributed by atoms with E-state index in [1.807, 2.05) is 13.8 Å². The molecule has 3 nitrogen and oxygen atoms in total. The zero-order valence-corrected chi connectivity index (χ0v) is 7.56. The van der Waals surface area contributed by atoms with Gasteiger partial charge in [0.2, 0.25) is 0 Å². The lowest BCUT2D eigenvalue weighted by Crippen LogP contribution is -2.35. The van der Waals surface area contributed by atoms with Crippen molar-refractivity contribution in [3.05, 3.63) is 11.5 Å². The van der Waals surface area contributed by atoms with Crippen LogP contribution in [0.1, 0.15) is 13.8 Å². The van der Waals surface area contributed by atoms with Gasteiger partial charge in [-0.2, -0.15) is 0 Å². The van der Waals surface area contributed by atoms with Crippen molar-refractivity contribution in [2.45, 2.75) is 25.9 Å². The van der Waals surface area contributed by atoms with E-state index in [0.29, 0.717) is 6.04 Å². The Morgan fingerprint density at radius 1 is 1.55 bits per heavy atom. The largest absolute Gasteiger partial charge is 0.307 e. The van der Waals surface area contributed by atoms with E-state index >= 15 is 0 Å². The van der Waals surface area contributed by atoms with Gasteiger partial charge in [0.15, 0.2) is 9.84 Å². The number of nitrogens with one attached hydrogen (secondary N) is 1. The summed E-state index contributed by atoms with van der Waals surface area (Å²) in [6, 6.07) is 0.345. The van der Waals surface area contributed by atoms with Crippen LogP contribution in [0.5, 0.6) is 0 Å². The fraction of sp³-hybridized carbons (Fsp3) is 0.714. The van der Waals surface area contributed by atoms with E-state index in [0.717, 1.165) is 0 Å². The summed E-state index contributed by atoms with van der Waals surface area (Å²) >= 11 is 0. The maximum absolute atomic E-state index is 10.9. The highest BCUT2D eigenvalue weighted by Gasteiger charge is 2.21. The van der Waals surface area contributed by atoms with Crippen molar-refractivity contribution in [2.24, 2.45) is 0 Å². The molecule has 64 valence electrons. The van der Waals surface area contributed by atoms with Crippen LogP contribution >= 0.6 is 0 Å². The minimum Gasteiger partial charge on any atom is -0.307 e. The van der Waals surface area contributed by atoms with E-state index in [2.05, 4.69) is 5.32 Å². The Bertz CT molecular complexity index is 254. The molecule has 1 atom stereocenters. The first-order chi connectivity index (χ1) is 4.99. The minimum absolute atomic E-state index is 0.0139. The molecular weight excluding hydrogens is 162 g/mol. The molecule has 1 N–H and O–H groups in total. The van der Waals surface area contributed by atoms with Crippen LogP contribution in [-0.4, -0.2) is 26.3 Å². The second-order valence-corrected chi connectivity index (χ2v) is 5.02. The monoisotopic (exact) mass is 175 g/mol. The molecule has 0 spiro atoms. The lowest BCUT2D eigenvalue weighted by atomic mass is 10.3. The molecule has 0 aromatic carbocycles. The number of hydrogen-bond acceptors (Lipinski definition) is 3. The number of hydrogen-bond donors (Lipinski definition) is 1. The lowest BCUT2D eigenvalue weighted by Gasteiger charge is -2.12. The van der Waals surface area contributed by atoms with Gasteiger partial charge in [-0.15, -0.1) is 0 Å². The van der Waals surface area contributed by atoms with Gasteiger partial charge in [-0.05, 0) is 0 Å². The van der Waals surface area contributed by atoms with Gasteiger partial charge < -0.3 is 5.32 Å². The van der Waals surface area contributed by atoms with E-state index < -0.39 is 9.84 Å². The Balaban J connectivity index is 2.51. The Morgan fingerprint density at radius 2 is 2.18 bits per heavy atom. The Kier molecular flexibility index (Phi) is 2.34.